The lowest BCUT2D eigenvalue weighted by molar-refractivity contribution is 1.16. The van der Waals surface area contributed by atoms with Gasteiger partial charge in [0.25, 0.3) is 0 Å². The Hall–Kier alpha value is -0.190. The molecule has 0 aliphatic carbocycles. The smallest absolute Gasteiger partial charge is 0.198 e. The first-order valence-corrected chi connectivity index (χ1v) is 5.42. The van der Waals surface area contributed by atoms with E-state index in [0.29, 0.717) is 9.89 Å². The van der Waals surface area contributed by atoms with Crippen molar-refractivity contribution < 1.29 is 0 Å². The van der Waals surface area contributed by atoms with Crippen molar-refractivity contribution in [2.24, 2.45) is 0 Å². The monoisotopic (exact) mass is 320 g/mol. The Kier molecular flexibility index (Phi) is 2.53. The molecule has 0 aliphatic heterocycles. The van der Waals surface area contributed by atoms with Crippen LogP contribution in [0.5, 0.6) is 0 Å². The fraction of sp³-hybridized carbons (Fsp3) is 0. The molecule has 0 amide bonds. The molecule has 66 valence electrons. The minimum absolute atomic E-state index is 0.448. The third-order valence-corrected chi connectivity index (χ3v) is 2.89. The summed E-state index contributed by atoms with van der Waals surface area (Å²) < 4.78 is 1.41. The van der Waals surface area contributed by atoms with Crippen LogP contribution in [0.3, 0.4) is 0 Å². The molecule has 0 radical (unpaired) electrons. The SMILES string of the molecule is Clc1nc(Br)nc2cccc(Br)c12. The maximum atomic E-state index is 5.96. The predicted molar refractivity (Wildman–Crippen MR) is 59.9 cm³/mol. The molecule has 0 aliphatic rings. The summed E-state index contributed by atoms with van der Waals surface area (Å²) in [6, 6.07) is 5.70. The van der Waals surface area contributed by atoms with Gasteiger partial charge in [0.2, 0.25) is 0 Å². The molecule has 0 spiro atoms. The highest BCUT2D eigenvalue weighted by Gasteiger charge is 2.06. The molecular formula is C8H3Br2ClN2. The number of rotatable bonds is 0. The molecule has 2 rings (SSSR count). The van der Waals surface area contributed by atoms with E-state index in [0.717, 1.165) is 15.4 Å². The normalized spacial score (nSPS) is 10.7. The van der Waals surface area contributed by atoms with Gasteiger partial charge < -0.3 is 0 Å². The minimum atomic E-state index is 0.448. The van der Waals surface area contributed by atoms with E-state index in [4.69, 9.17) is 11.6 Å². The Morgan fingerprint density at radius 1 is 1.15 bits per heavy atom. The van der Waals surface area contributed by atoms with Gasteiger partial charge in [-0.15, -0.1) is 0 Å². The van der Waals surface area contributed by atoms with E-state index in [1.165, 1.54) is 0 Å². The molecule has 0 bridgehead atoms. The summed E-state index contributed by atoms with van der Waals surface area (Å²) in [4.78, 5) is 8.19. The van der Waals surface area contributed by atoms with Gasteiger partial charge in [-0.3, -0.25) is 0 Å². The van der Waals surface area contributed by atoms with Crippen LogP contribution < -0.4 is 0 Å². The number of nitrogens with zero attached hydrogens (tertiary/aromatic N) is 2. The largest absolute Gasteiger partial charge is 0.222 e. The van der Waals surface area contributed by atoms with Crippen LogP contribution in [0.1, 0.15) is 0 Å². The number of hydrogen-bond donors (Lipinski definition) is 0. The highest BCUT2D eigenvalue weighted by Crippen LogP contribution is 2.28. The zero-order chi connectivity index (χ0) is 9.42. The zero-order valence-electron chi connectivity index (χ0n) is 6.26. The molecule has 0 saturated heterocycles. The number of halogens is 3. The number of hydrogen-bond acceptors (Lipinski definition) is 2. The zero-order valence-corrected chi connectivity index (χ0v) is 10.2. The van der Waals surface area contributed by atoms with E-state index in [1.54, 1.807) is 0 Å². The lowest BCUT2D eigenvalue weighted by atomic mass is 10.2. The summed E-state index contributed by atoms with van der Waals surface area (Å²) in [5, 5.41) is 1.29. The van der Waals surface area contributed by atoms with Crippen molar-refractivity contribution in [3.05, 3.63) is 32.6 Å². The van der Waals surface area contributed by atoms with Crippen LogP contribution in [-0.4, -0.2) is 9.97 Å². The van der Waals surface area contributed by atoms with E-state index in [2.05, 4.69) is 41.8 Å². The molecule has 2 aromatic rings. The van der Waals surface area contributed by atoms with Gasteiger partial charge >= 0.3 is 0 Å². The van der Waals surface area contributed by atoms with E-state index < -0.39 is 0 Å². The highest BCUT2D eigenvalue weighted by molar-refractivity contribution is 9.10. The van der Waals surface area contributed by atoms with Gasteiger partial charge in [0.1, 0.15) is 5.15 Å². The number of fused-ring (bicyclic) bond motifs is 1. The molecule has 0 saturated carbocycles. The average molecular weight is 322 g/mol. The Balaban J connectivity index is 2.94. The molecule has 0 unspecified atom stereocenters. The Morgan fingerprint density at radius 2 is 1.92 bits per heavy atom. The van der Waals surface area contributed by atoms with Gasteiger partial charge in [-0.2, -0.15) is 0 Å². The molecule has 1 aromatic heterocycles. The van der Waals surface area contributed by atoms with Crippen LogP contribution in [0.25, 0.3) is 10.9 Å². The second kappa shape index (κ2) is 3.52. The first-order valence-electron chi connectivity index (χ1n) is 3.46. The minimum Gasteiger partial charge on any atom is -0.222 e. The number of aromatic nitrogens is 2. The molecule has 13 heavy (non-hydrogen) atoms. The van der Waals surface area contributed by atoms with Gasteiger partial charge in [-0.25, -0.2) is 9.97 Å². The summed E-state index contributed by atoms with van der Waals surface area (Å²) in [6.07, 6.45) is 0. The van der Waals surface area contributed by atoms with E-state index in [9.17, 15) is 0 Å². The van der Waals surface area contributed by atoms with Crippen molar-refractivity contribution in [1.82, 2.24) is 9.97 Å². The quantitative estimate of drug-likeness (QED) is 0.544. The van der Waals surface area contributed by atoms with Gasteiger partial charge in [0.15, 0.2) is 4.73 Å². The summed E-state index contributed by atoms with van der Waals surface area (Å²) in [5.74, 6) is 0. The van der Waals surface area contributed by atoms with Crippen molar-refractivity contribution in [2.75, 3.05) is 0 Å². The van der Waals surface area contributed by atoms with Crippen molar-refractivity contribution in [3.8, 4) is 0 Å². The van der Waals surface area contributed by atoms with Crippen LogP contribution in [0.15, 0.2) is 27.4 Å². The molecule has 1 aromatic carbocycles. The van der Waals surface area contributed by atoms with Crippen molar-refractivity contribution in [1.29, 1.82) is 0 Å². The average Bonchev–Trinajstić information content (AvgIpc) is 2.02. The van der Waals surface area contributed by atoms with Gasteiger partial charge in [-0.05, 0) is 44.0 Å². The molecule has 2 nitrogen and oxygen atoms in total. The first-order chi connectivity index (χ1) is 6.18. The molecule has 0 atom stereocenters. The molecule has 0 N–H and O–H groups in total. The summed E-state index contributed by atoms with van der Waals surface area (Å²) in [5.41, 5.74) is 0.821. The third-order valence-electron chi connectivity index (χ3n) is 1.60. The van der Waals surface area contributed by atoms with Crippen molar-refractivity contribution in [2.45, 2.75) is 0 Å². The predicted octanol–water partition coefficient (Wildman–Crippen LogP) is 3.81. The Labute approximate surface area is 96.6 Å². The highest BCUT2D eigenvalue weighted by atomic mass is 79.9. The maximum Gasteiger partial charge on any atom is 0.198 e. The Bertz CT molecular complexity index is 473. The lowest BCUT2D eigenvalue weighted by Gasteiger charge is -2.01. The maximum absolute atomic E-state index is 5.96. The summed E-state index contributed by atoms with van der Waals surface area (Å²) in [7, 11) is 0. The second-order valence-electron chi connectivity index (χ2n) is 2.42. The van der Waals surface area contributed by atoms with Crippen LogP contribution in [-0.2, 0) is 0 Å². The van der Waals surface area contributed by atoms with Gasteiger partial charge in [0.05, 0.1) is 10.9 Å². The Morgan fingerprint density at radius 3 is 2.69 bits per heavy atom. The first kappa shape index (κ1) is 9.37. The second-order valence-corrected chi connectivity index (χ2v) is 4.34. The van der Waals surface area contributed by atoms with E-state index >= 15 is 0 Å². The molecular weight excluding hydrogens is 319 g/mol. The van der Waals surface area contributed by atoms with E-state index in [-0.39, 0.29) is 0 Å². The summed E-state index contributed by atoms with van der Waals surface area (Å²) in [6.45, 7) is 0. The van der Waals surface area contributed by atoms with Crippen LogP contribution in [0, 0.1) is 0 Å². The fourth-order valence-electron chi connectivity index (χ4n) is 1.07. The van der Waals surface area contributed by atoms with Crippen LogP contribution in [0.4, 0.5) is 0 Å². The molecule has 0 fully saturated rings. The number of benzene rings is 1. The molecule has 5 heteroatoms. The standard InChI is InChI=1S/C8H3Br2ClN2/c9-4-2-1-3-5-6(4)7(11)13-8(10)12-5/h1-3H. The fourth-order valence-corrected chi connectivity index (χ4v) is 2.48. The topological polar surface area (TPSA) is 25.8 Å². The van der Waals surface area contributed by atoms with Crippen molar-refractivity contribution in [3.63, 3.8) is 0 Å². The third kappa shape index (κ3) is 1.71. The molecule has 1 heterocycles. The lowest BCUT2D eigenvalue weighted by Crippen LogP contribution is -1.87. The van der Waals surface area contributed by atoms with Gasteiger partial charge in [0, 0.05) is 4.47 Å². The van der Waals surface area contributed by atoms with E-state index in [1.807, 2.05) is 18.2 Å². The van der Waals surface area contributed by atoms with Gasteiger partial charge in [-0.1, -0.05) is 17.7 Å². The van der Waals surface area contributed by atoms with Crippen LogP contribution >= 0.6 is 43.5 Å². The summed E-state index contributed by atoms with van der Waals surface area (Å²) >= 11 is 12.5. The van der Waals surface area contributed by atoms with Crippen LogP contribution in [0.2, 0.25) is 5.15 Å². The van der Waals surface area contributed by atoms with Crippen molar-refractivity contribution >= 4 is 54.4 Å².